The number of ether oxygens (including phenoxy) is 1. The van der Waals surface area contributed by atoms with E-state index in [0.717, 1.165) is 25.6 Å². The molecular weight excluding hydrogens is 248 g/mol. The first kappa shape index (κ1) is 17.9. The average Bonchev–Trinajstić information content (AvgIpc) is 2.30. The highest BCUT2D eigenvalue weighted by molar-refractivity contribution is 4.88. The van der Waals surface area contributed by atoms with E-state index in [4.69, 9.17) is 10.5 Å². The molecule has 0 amide bonds. The summed E-state index contributed by atoms with van der Waals surface area (Å²) in [7, 11) is 2.19. The van der Waals surface area contributed by atoms with Gasteiger partial charge >= 0.3 is 0 Å². The Morgan fingerprint density at radius 1 is 1.25 bits per heavy atom. The summed E-state index contributed by atoms with van der Waals surface area (Å²) in [5, 5.41) is 0. The Kier molecular flexibility index (Phi) is 6.96. The summed E-state index contributed by atoms with van der Waals surface area (Å²) in [6.07, 6.45) is 4.08. The van der Waals surface area contributed by atoms with Crippen LogP contribution in [0.2, 0.25) is 0 Å². The second-order valence-corrected chi connectivity index (χ2v) is 7.98. The van der Waals surface area contributed by atoms with Crippen molar-refractivity contribution in [3.8, 4) is 0 Å². The van der Waals surface area contributed by atoms with Gasteiger partial charge in [0.1, 0.15) is 0 Å². The minimum atomic E-state index is 0.325. The van der Waals surface area contributed by atoms with Gasteiger partial charge in [-0.1, -0.05) is 20.8 Å². The van der Waals surface area contributed by atoms with E-state index in [-0.39, 0.29) is 0 Å². The molecule has 0 spiro atoms. The maximum atomic E-state index is 6.35. The predicted octanol–water partition coefficient (Wildman–Crippen LogP) is 3.13. The molecule has 0 radical (unpaired) electrons. The largest absolute Gasteiger partial charge is 0.377 e. The maximum Gasteiger partial charge on any atom is 0.0596 e. The van der Waals surface area contributed by atoms with Gasteiger partial charge in [0.25, 0.3) is 0 Å². The van der Waals surface area contributed by atoms with Gasteiger partial charge < -0.3 is 15.4 Å². The zero-order valence-electron chi connectivity index (χ0n) is 14.5. The molecule has 0 aromatic heterocycles. The van der Waals surface area contributed by atoms with Crippen LogP contribution in [0.3, 0.4) is 0 Å². The molecule has 0 bridgehead atoms. The first-order valence-electron chi connectivity index (χ1n) is 8.26. The normalized spacial score (nSPS) is 28.4. The summed E-state index contributed by atoms with van der Waals surface area (Å²) in [6, 6.07) is 0.377. The fourth-order valence-electron chi connectivity index (χ4n) is 3.22. The third-order valence-corrected chi connectivity index (χ3v) is 4.74. The summed E-state index contributed by atoms with van der Waals surface area (Å²) < 4.78 is 5.63. The van der Waals surface area contributed by atoms with Crippen LogP contribution in [0.1, 0.15) is 53.9 Å². The van der Waals surface area contributed by atoms with Crippen LogP contribution in [-0.4, -0.2) is 43.8 Å². The smallest absolute Gasteiger partial charge is 0.0596 e. The van der Waals surface area contributed by atoms with Gasteiger partial charge in [-0.25, -0.2) is 0 Å². The molecule has 20 heavy (non-hydrogen) atoms. The van der Waals surface area contributed by atoms with Crippen LogP contribution in [0.4, 0.5) is 0 Å². The molecule has 3 heteroatoms. The van der Waals surface area contributed by atoms with E-state index < -0.39 is 0 Å². The van der Waals surface area contributed by atoms with Crippen LogP contribution in [0.15, 0.2) is 0 Å². The number of hydrogen-bond donors (Lipinski definition) is 1. The molecule has 1 fully saturated rings. The molecule has 1 aliphatic rings. The van der Waals surface area contributed by atoms with Gasteiger partial charge in [-0.3, -0.25) is 0 Å². The van der Waals surface area contributed by atoms with Crippen molar-refractivity contribution in [1.82, 2.24) is 4.90 Å². The summed E-state index contributed by atoms with van der Waals surface area (Å²) in [5.74, 6) is 1.45. The number of hydrogen-bond acceptors (Lipinski definition) is 3. The van der Waals surface area contributed by atoms with E-state index >= 15 is 0 Å². The van der Waals surface area contributed by atoms with E-state index in [1.54, 1.807) is 0 Å². The van der Waals surface area contributed by atoms with Crippen LogP contribution < -0.4 is 5.73 Å². The van der Waals surface area contributed by atoms with Gasteiger partial charge in [-0.05, 0) is 57.4 Å². The molecule has 0 saturated heterocycles. The second kappa shape index (κ2) is 7.77. The molecular formula is C17H36N2O. The van der Waals surface area contributed by atoms with Gasteiger partial charge in [0.05, 0.1) is 12.7 Å². The monoisotopic (exact) mass is 284 g/mol. The van der Waals surface area contributed by atoms with Crippen molar-refractivity contribution in [2.24, 2.45) is 23.0 Å². The Morgan fingerprint density at radius 3 is 2.45 bits per heavy atom. The van der Waals surface area contributed by atoms with Crippen LogP contribution in [-0.2, 0) is 4.74 Å². The average molecular weight is 284 g/mol. The lowest BCUT2D eigenvalue weighted by Gasteiger charge is -2.41. The first-order valence-corrected chi connectivity index (χ1v) is 8.26. The van der Waals surface area contributed by atoms with E-state index in [2.05, 4.69) is 46.6 Å². The first-order chi connectivity index (χ1) is 9.20. The fourth-order valence-corrected chi connectivity index (χ4v) is 3.22. The van der Waals surface area contributed by atoms with Crippen LogP contribution >= 0.6 is 0 Å². The summed E-state index contributed by atoms with van der Waals surface area (Å²) in [4.78, 5) is 2.39. The lowest BCUT2D eigenvalue weighted by Crippen LogP contribution is -2.44. The van der Waals surface area contributed by atoms with Crippen LogP contribution in [0.25, 0.3) is 0 Å². The van der Waals surface area contributed by atoms with Gasteiger partial charge in [0.2, 0.25) is 0 Å². The van der Waals surface area contributed by atoms with Crippen molar-refractivity contribution in [2.75, 3.05) is 26.7 Å². The quantitative estimate of drug-likeness (QED) is 0.814. The molecule has 3 unspecified atom stereocenters. The Balaban J connectivity index is 2.40. The Bertz CT molecular complexity index is 273. The highest BCUT2D eigenvalue weighted by Crippen LogP contribution is 2.39. The van der Waals surface area contributed by atoms with E-state index in [9.17, 15) is 0 Å². The highest BCUT2D eigenvalue weighted by atomic mass is 16.5. The summed E-state index contributed by atoms with van der Waals surface area (Å²) in [6.45, 7) is 14.2. The van der Waals surface area contributed by atoms with E-state index in [1.165, 1.54) is 19.3 Å². The van der Waals surface area contributed by atoms with Crippen molar-refractivity contribution in [3.63, 3.8) is 0 Å². The van der Waals surface area contributed by atoms with Crippen LogP contribution in [0.5, 0.6) is 0 Å². The minimum Gasteiger partial charge on any atom is -0.377 e. The predicted molar refractivity (Wildman–Crippen MR) is 86.8 cm³/mol. The molecule has 1 rings (SSSR count). The molecule has 1 saturated carbocycles. The summed E-state index contributed by atoms with van der Waals surface area (Å²) in [5.41, 5.74) is 6.77. The molecule has 1 aliphatic carbocycles. The molecule has 120 valence electrons. The third-order valence-electron chi connectivity index (χ3n) is 4.74. The highest BCUT2D eigenvalue weighted by Gasteiger charge is 2.34. The molecule has 0 heterocycles. The fraction of sp³-hybridized carbons (Fsp3) is 1.00. The van der Waals surface area contributed by atoms with Crippen molar-refractivity contribution in [2.45, 2.75) is 66.0 Å². The number of nitrogens with zero attached hydrogens (tertiary/aromatic N) is 1. The zero-order chi connectivity index (χ0) is 15.3. The maximum absolute atomic E-state index is 6.35. The lowest BCUT2D eigenvalue weighted by molar-refractivity contribution is 0.0530. The number of likely N-dealkylation sites (N-methyl/N-ethyl adjacent to an activating group) is 1. The van der Waals surface area contributed by atoms with Gasteiger partial charge in [0.15, 0.2) is 0 Å². The molecule has 0 aliphatic heterocycles. The standard InChI is InChI=1S/C17H36N2O/c1-13(2)20-10-9-19(6)12-14-11-15(17(3,4)5)7-8-16(14)18/h13-16H,7-12,18H2,1-6H3. The molecule has 2 N–H and O–H groups in total. The second-order valence-electron chi connectivity index (χ2n) is 7.98. The van der Waals surface area contributed by atoms with Crippen molar-refractivity contribution < 1.29 is 4.74 Å². The molecule has 3 nitrogen and oxygen atoms in total. The van der Waals surface area contributed by atoms with E-state index in [1.807, 2.05) is 0 Å². The number of nitrogens with two attached hydrogens (primary N) is 1. The van der Waals surface area contributed by atoms with Crippen molar-refractivity contribution in [1.29, 1.82) is 0 Å². The Morgan fingerprint density at radius 2 is 1.90 bits per heavy atom. The Labute approximate surface area is 126 Å². The minimum absolute atomic E-state index is 0.325. The SMILES string of the molecule is CC(C)OCCN(C)CC1CC(C(C)(C)C)CCC1N. The van der Waals surface area contributed by atoms with Crippen molar-refractivity contribution in [3.05, 3.63) is 0 Å². The molecule has 0 aromatic carbocycles. The van der Waals surface area contributed by atoms with E-state index in [0.29, 0.717) is 23.5 Å². The Hall–Kier alpha value is -0.120. The molecule has 0 aromatic rings. The zero-order valence-corrected chi connectivity index (χ0v) is 14.5. The van der Waals surface area contributed by atoms with Gasteiger partial charge in [0, 0.05) is 19.1 Å². The molecule has 3 atom stereocenters. The number of rotatable bonds is 6. The van der Waals surface area contributed by atoms with Crippen molar-refractivity contribution >= 4 is 0 Å². The topological polar surface area (TPSA) is 38.5 Å². The van der Waals surface area contributed by atoms with Crippen LogP contribution in [0, 0.1) is 17.3 Å². The lowest BCUT2D eigenvalue weighted by atomic mass is 9.67. The third kappa shape index (κ3) is 6.11. The van der Waals surface area contributed by atoms with Gasteiger partial charge in [-0.15, -0.1) is 0 Å². The van der Waals surface area contributed by atoms with Gasteiger partial charge in [-0.2, -0.15) is 0 Å². The summed E-state index contributed by atoms with van der Waals surface area (Å²) >= 11 is 0.